The third-order valence-electron chi connectivity index (χ3n) is 8.66. The molecule has 0 fully saturated rings. The summed E-state index contributed by atoms with van der Waals surface area (Å²) in [4.78, 5) is 0. The maximum absolute atomic E-state index is 3.69. The van der Waals surface area contributed by atoms with Gasteiger partial charge in [-0.05, 0) is 105 Å². The second kappa shape index (κ2) is 47.0. The predicted molar refractivity (Wildman–Crippen MR) is 282 cm³/mol. The minimum atomic E-state index is 1.11. The molecule has 0 atom stereocenters. The molecule has 3 aliphatic rings. The molecular formula is C61H82. The van der Waals surface area contributed by atoms with Crippen LogP contribution in [0.2, 0.25) is 0 Å². The standard InChI is InChI=1S/2C10H12.2C8H10.3C5H6.2C5H10/c2*1-3-9-5-7-10(4-2)8-6-9;2*1-2-8-6-4-3-5-7-8;3*1-2-4-5-3-1;2*1-3-5-4-2/h2*3,5-8H,1,4H2,2H3;2*3-7H,2H2,1H3;3*1-4H,5H2;2*3,5H,4H2,1-2H3/b;;;;;;;2*5-3-. The summed E-state index contributed by atoms with van der Waals surface area (Å²) in [6.45, 7) is 24.3. The van der Waals surface area contributed by atoms with Gasteiger partial charge in [0.1, 0.15) is 0 Å². The molecule has 0 unspecified atom stereocenters. The SMILES string of the molecule is C/C=C\CC.C/C=C\CC.C1=CCC=C1.C1=CCC=C1.C1=CCC=C1.C=Cc1ccc(CC)cc1.C=Cc1ccc(CC)cc1.CCc1ccccc1.CCc1ccccc1. The van der Waals surface area contributed by atoms with Crippen LogP contribution < -0.4 is 0 Å². The number of benzene rings is 4. The fraction of sp³-hybridized carbons (Fsp3) is 0.279. The molecule has 7 rings (SSSR count). The molecule has 3 aliphatic carbocycles. The van der Waals surface area contributed by atoms with Crippen molar-refractivity contribution in [3.8, 4) is 0 Å². The van der Waals surface area contributed by atoms with Crippen LogP contribution in [0, 0.1) is 0 Å². The van der Waals surface area contributed by atoms with Gasteiger partial charge in [-0.3, -0.25) is 0 Å². The topological polar surface area (TPSA) is 0 Å². The van der Waals surface area contributed by atoms with E-state index in [0.29, 0.717) is 0 Å². The number of hydrogen-bond donors (Lipinski definition) is 0. The zero-order valence-corrected chi connectivity index (χ0v) is 39.6. The quantitative estimate of drug-likeness (QED) is 0.155. The van der Waals surface area contributed by atoms with Crippen LogP contribution in [0.3, 0.4) is 0 Å². The summed E-state index contributed by atoms with van der Waals surface area (Å²) < 4.78 is 0. The molecule has 0 saturated carbocycles. The van der Waals surface area contributed by atoms with Crippen molar-refractivity contribution in [1.82, 2.24) is 0 Å². The third-order valence-corrected chi connectivity index (χ3v) is 8.66. The van der Waals surface area contributed by atoms with Crippen molar-refractivity contribution in [3.63, 3.8) is 0 Å². The molecular weight excluding hydrogens is 733 g/mol. The van der Waals surface area contributed by atoms with E-state index in [-0.39, 0.29) is 0 Å². The van der Waals surface area contributed by atoms with Gasteiger partial charge in [-0.1, -0.05) is 273 Å². The first-order valence-corrected chi connectivity index (χ1v) is 22.6. The first-order chi connectivity index (χ1) is 29.9. The highest BCUT2D eigenvalue weighted by Gasteiger charge is 1.88. The molecule has 0 saturated heterocycles. The Morgan fingerprint density at radius 2 is 0.607 bits per heavy atom. The average Bonchev–Trinajstić information content (AvgIpc) is 4.20. The monoisotopic (exact) mass is 815 g/mol. The summed E-state index contributed by atoms with van der Waals surface area (Å²) in [5, 5.41) is 0. The zero-order valence-electron chi connectivity index (χ0n) is 39.6. The summed E-state index contributed by atoms with van der Waals surface area (Å²) in [5.41, 5.74) is 7.96. The first-order valence-electron chi connectivity index (χ1n) is 22.6. The second-order valence-corrected chi connectivity index (χ2v) is 13.5. The van der Waals surface area contributed by atoms with Crippen LogP contribution in [0.15, 0.2) is 220 Å². The molecule has 0 radical (unpaired) electrons. The Morgan fingerprint density at radius 1 is 0.361 bits per heavy atom. The van der Waals surface area contributed by atoms with Crippen molar-refractivity contribution in [1.29, 1.82) is 0 Å². The highest BCUT2D eigenvalue weighted by atomic mass is 13.9. The second-order valence-electron chi connectivity index (χ2n) is 13.5. The predicted octanol–water partition coefficient (Wildman–Crippen LogP) is 18.7. The van der Waals surface area contributed by atoms with Gasteiger partial charge in [0.25, 0.3) is 0 Å². The summed E-state index contributed by atoms with van der Waals surface area (Å²) in [6.07, 6.45) is 47.4. The molecule has 0 nitrogen and oxygen atoms in total. The maximum atomic E-state index is 3.69. The Kier molecular flexibility index (Phi) is 44.2. The number of rotatable bonds is 8. The third kappa shape index (κ3) is 39.5. The van der Waals surface area contributed by atoms with Crippen LogP contribution in [0.25, 0.3) is 12.2 Å². The summed E-state index contributed by atoms with van der Waals surface area (Å²) in [6, 6.07) is 37.8. The van der Waals surface area contributed by atoms with Gasteiger partial charge in [-0.2, -0.15) is 0 Å². The van der Waals surface area contributed by atoms with E-state index in [2.05, 4.69) is 249 Å². The van der Waals surface area contributed by atoms with Crippen molar-refractivity contribution in [2.24, 2.45) is 0 Å². The highest BCUT2D eigenvalue weighted by Crippen LogP contribution is 2.06. The average molecular weight is 815 g/mol. The summed E-state index contributed by atoms with van der Waals surface area (Å²) in [5.74, 6) is 0. The van der Waals surface area contributed by atoms with Gasteiger partial charge < -0.3 is 0 Å². The minimum Gasteiger partial charge on any atom is -0.0985 e. The van der Waals surface area contributed by atoms with E-state index in [9.17, 15) is 0 Å². The van der Waals surface area contributed by atoms with E-state index in [4.69, 9.17) is 0 Å². The lowest BCUT2D eigenvalue weighted by Gasteiger charge is -1.95. The summed E-state index contributed by atoms with van der Waals surface area (Å²) in [7, 11) is 0. The van der Waals surface area contributed by atoms with Crippen molar-refractivity contribution < 1.29 is 0 Å². The van der Waals surface area contributed by atoms with E-state index < -0.39 is 0 Å². The first kappa shape index (κ1) is 57.4. The molecule has 0 aromatic heterocycles. The van der Waals surface area contributed by atoms with Crippen molar-refractivity contribution in [2.75, 3.05) is 0 Å². The van der Waals surface area contributed by atoms with Crippen LogP contribution in [-0.4, -0.2) is 0 Å². The molecule has 0 aliphatic heterocycles. The van der Waals surface area contributed by atoms with Crippen LogP contribution >= 0.6 is 0 Å². The van der Waals surface area contributed by atoms with Crippen LogP contribution in [-0.2, 0) is 25.7 Å². The fourth-order valence-electron chi connectivity index (χ4n) is 4.86. The van der Waals surface area contributed by atoms with Crippen molar-refractivity contribution in [3.05, 3.63) is 253 Å². The minimum absolute atomic E-state index is 1.11. The van der Waals surface area contributed by atoms with E-state index in [1.807, 2.05) is 38.1 Å². The molecule has 4 aromatic carbocycles. The maximum Gasteiger partial charge on any atom is -0.0163 e. The van der Waals surface area contributed by atoms with Gasteiger partial charge in [-0.15, -0.1) is 0 Å². The van der Waals surface area contributed by atoms with Gasteiger partial charge in [0, 0.05) is 0 Å². The van der Waals surface area contributed by atoms with E-state index in [1.165, 1.54) is 33.4 Å². The number of allylic oxidation sites excluding steroid dienone is 16. The fourth-order valence-corrected chi connectivity index (χ4v) is 4.86. The van der Waals surface area contributed by atoms with Gasteiger partial charge >= 0.3 is 0 Å². The molecule has 0 bridgehead atoms. The molecule has 0 spiro atoms. The van der Waals surface area contributed by atoms with Crippen LogP contribution in [0.5, 0.6) is 0 Å². The lowest BCUT2D eigenvalue weighted by atomic mass is 10.1. The molecule has 4 aromatic rings. The summed E-state index contributed by atoms with van der Waals surface area (Å²) >= 11 is 0. The van der Waals surface area contributed by atoms with E-state index in [0.717, 1.165) is 57.8 Å². The Bertz CT molecular complexity index is 1580. The Balaban J connectivity index is 0. The molecule has 0 heteroatoms. The van der Waals surface area contributed by atoms with E-state index >= 15 is 0 Å². The lowest BCUT2D eigenvalue weighted by Crippen LogP contribution is -1.78. The lowest BCUT2D eigenvalue weighted by molar-refractivity contribution is 1.14. The van der Waals surface area contributed by atoms with Crippen LogP contribution in [0.1, 0.15) is 121 Å². The highest BCUT2D eigenvalue weighted by molar-refractivity contribution is 5.47. The Labute approximate surface area is 376 Å². The number of aryl methyl sites for hydroxylation is 4. The van der Waals surface area contributed by atoms with Crippen LogP contribution in [0.4, 0.5) is 0 Å². The molecule has 0 heterocycles. The van der Waals surface area contributed by atoms with Gasteiger partial charge in [0.15, 0.2) is 0 Å². The Morgan fingerprint density at radius 3 is 0.738 bits per heavy atom. The van der Waals surface area contributed by atoms with Gasteiger partial charge in [0.05, 0.1) is 0 Å². The van der Waals surface area contributed by atoms with Crippen molar-refractivity contribution >= 4 is 12.2 Å². The number of hydrogen-bond acceptors (Lipinski definition) is 0. The van der Waals surface area contributed by atoms with E-state index in [1.54, 1.807) is 0 Å². The normalized spacial score (nSPS) is 11.4. The largest absolute Gasteiger partial charge is 0.0985 e. The van der Waals surface area contributed by atoms with Gasteiger partial charge in [-0.25, -0.2) is 0 Å². The Hall–Kier alpha value is -5.72. The molecule has 0 N–H and O–H groups in total. The molecule has 61 heavy (non-hydrogen) atoms. The molecule has 326 valence electrons. The van der Waals surface area contributed by atoms with Crippen molar-refractivity contribution in [2.45, 2.75) is 113 Å². The smallest absolute Gasteiger partial charge is 0.0163 e. The molecule has 0 amide bonds. The van der Waals surface area contributed by atoms with Gasteiger partial charge in [0.2, 0.25) is 0 Å². The zero-order chi connectivity index (χ0) is 45.3.